The highest BCUT2D eigenvalue weighted by molar-refractivity contribution is 7.99. The molecule has 0 amide bonds. The first-order valence-electron chi connectivity index (χ1n) is 8.35. The molecule has 0 aliphatic heterocycles. The van der Waals surface area contributed by atoms with Gasteiger partial charge in [0, 0.05) is 30.6 Å². The summed E-state index contributed by atoms with van der Waals surface area (Å²) in [5.41, 5.74) is 1.56. The first kappa shape index (κ1) is 19.1. The SMILES string of the molecule is COCCn1c(SCC(=O)c2ccc(OC)cc2)nnc1-c1ccncc1. The maximum atomic E-state index is 12.5. The molecule has 140 valence electrons. The number of aromatic nitrogens is 4. The fourth-order valence-corrected chi connectivity index (χ4v) is 3.34. The van der Waals surface area contributed by atoms with E-state index in [-0.39, 0.29) is 11.5 Å². The van der Waals surface area contributed by atoms with Crippen molar-refractivity contribution in [3.05, 3.63) is 54.4 Å². The van der Waals surface area contributed by atoms with E-state index in [0.717, 1.165) is 17.1 Å². The molecule has 0 fully saturated rings. The zero-order chi connectivity index (χ0) is 19.1. The highest BCUT2D eigenvalue weighted by Crippen LogP contribution is 2.24. The number of rotatable bonds is 9. The van der Waals surface area contributed by atoms with Gasteiger partial charge in [-0.25, -0.2) is 0 Å². The third kappa shape index (κ3) is 4.72. The molecule has 0 aliphatic rings. The van der Waals surface area contributed by atoms with Crippen LogP contribution >= 0.6 is 11.8 Å². The van der Waals surface area contributed by atoms with Crippen molar-refractivity contribution in [3.8, 4) is 17.1 Å². The monoisotopic (exact) mass is 384 g/mol. The Hall–Kier alpha value is -2.71. The smallest absolute Gasteiger partial charge is 0.192 e. The number of Topliss-reactive ketones (excluding diaryl/α,β-unsaturated/α-hetero) is 1. The minimum Gasteiger partial charge on any atom is -0.497 e. The van der Waals surface area contributed by atoms with E-state index in [1.54, 1.807) is 50.9 Å². The Bertz CT molecular complexity index is 882. The standard InChI is InChI=1S/C19H20N4O3S/c1-25-12-11-23-18(15-7-9-20-10-8-15)21-22-19(23)27-13-17(24)14-3-5-16(26-2)6-4-14/h3-10H,11-13H2,1-2H3. The molecule has 3 rings (SSSR count). The van der Waals surface area contributed by atoms with E-state index in [0.29, 0.717) is 23.9 Å². The fraction of sp³-hybridized carbons (Fsp3) is 0.263. The number of pyridine rings is 1. The van der Waals surface area contributed by atoms with Crippen molar-refractivity contribution in [3.63, 3.8) is 0 Å². The predicted molar refractivity (Wildman–Crippen MR) is 103 cm³/mol. The van der Waals surface area contributed by atoms with Crippen molar-refractivity contribution in [2.24, 2.45) is 0 Å². The highest BCUT2D eigenvalue weighted by Gasteiger charge is 2.16. The fourth-order valence-electron chi connectivity index (χ4n) is 2.48. The summed E-state index contributed by atoms with van der Waals surface area (Å²) in [6.45, 7) is 1.12. The predicted octanol–water partition coefficient (Wildman–Crippen LogP) is 2.97. The van der Waals surface area contributed by atoms with Crippen LogP contribution in [-0.4, -0.2) is 52.1 Å². The van der Waals surface area contributed by atoms with E-state index in [1.165, 1.54) is 11.8 Å². The number of ether oxygens (including phenoxy) is 2. The third-order valence-corrected chi connectivity index (χ3v) is 4.89. The second-order valence-electron chi connectivity index (χ2n) is 5.63. The molecular weight excluding hydrogens is 364 g/mol. The molecular formula is C19H20N4O3S. The number of benzene rings is 1. The van der Waals surface area contributed by atoms with Gasteiger partial charge in [0.25, 0.3) is 0 Å². The van der Waals surface area contributed by atoms with E-state index in [4.69, 9.17) is 9.47 Å². The van der Waals surface area contributed by atoms with Crippen molar-refractivity contribution in [2.75, 3.05) is 26.6 Å². The van der Waals surface area contributed by atoms with Crippen molar-refractivity contribution < 1.29 is 14.3 Å². The molecule has 0 radical (unpaired) electrons. The van der Waals surface area contributed by atoms with Crippen molar-refractivity contribution in [1.82, 2.24) is 19.7 Å². The average molecular weight is 384 g/mol. The van der Waals surface area contributed by atoms with E-state index in [9.17, 15) is 4.79 Å². The number of methoxy groups -OCH3 is 2. The van der Waals surface area contributed by atoms with Crippen molar-refractivity contribution >= 4 is 17.5 Å². The minimum atomic E-state index is 0.0226. The zero-order valence-electron chi connectivity index (χ0n) is 15.2. The van der Waals surface area contributed by atoms with Crippen LogP contribution in [0.25, 0.3) is 11.4 Å². The lowest BCUT2D eigenvalue weighted by Gasteiger charge is -2.09. The van der Waals surface area contributed by atoms with Gasteiger partial charge in [0.1, 0.15) is 5.75 Å². The van der Waals surface area contributed by atoms with Gasteiger partial charge in [-0.05, 0) is 36.4 Å². The minimum absolute atomic E-state index is 0.0226. The van der Waals surface area contributed by atoms with Gasteiger partial charge in [0.05, 0.1) is 26.0 Å². The quantitative estimate of drug-likeness (QED) is 0.414. The number of carbonyl (C=O) groups is 1. The zero-order valence-corrected chi connectivity index (χ0v) is 16.0. The van der Waals surface area contributed by atoms with Crippen LogP contribution in [0.5, 0.6) is 5.75 Å². The van der Waals surface area contributed by atoms with Gasteiger partial charge < -0.3 is 9.47 Å². The molecule has 0 atom stereocenters. The maximum absolute atomic E-state index is 12.5. The van der Waals surface area contributed by atoms with E-state index in [2.05, 4.69) is 15.2 Å². The van der Waals surface area contributed by atoms with Gasteiger partial charge in [-0.1, -0.05) is 11.8 Å². The molecule has 0 N–H and O–H groups in total. The molecule has 7 nitrogen and oxygen atoms in total. The van der Waals surface area contributed by atoms with Gasteiger partial charge in [-0.3, -0.25) is 14.3 Å². The summed E-state index contributed by atoms with van der Waals surface area (Å²) in [7, 11) is 3.25. The number of ketones is 1. The lowest BCUT2D eigenvalue weighted by atomic mass is 10.1. The Morgan fingerprint density at radius 2 is 1.81 bits per heavy atom. The topological polar surface area (TPSA) is 79.1 Å². The summed E-state index contributed by atoms with van der Waals surface area (Å²) in [4.78, 5) is 16.5. The van der Waals surface area contributed by atoms with Gasteiger partial charge in [0.2, 0.25) is 0 Å². The van der Waals surface area contributed by atoms with E-state index < -0.39 is 0 Å². The second-order valence-corrected chi connectivity index (χ2v) is 6.57. The number of nitrogens with zero attached hydrogens (tertiary/aromatic N) is 4. The van der Waals surface area contributed by atoms with Gasteiger partial charge in [0.15, 0.2) is 16.8 Å². The molecule has 2 aromatic heterocycles. The molecule has 0 bridgehead atoms. The molecule has 27 heavy (non-hydrogen) atoms. The number of hydrogen-bond acceptors (Lipinski definition) is 7. The van der Waals surface area contributed by atoms with Crippen LogP contribution in [0.1, 0.15) is 10.4 Å². The highest BCUT2D eigenvalue weighted by atomic mass is 32.2. The summed E-state index contributed by atoms with van der Waals surface area (Å²) in [6.07, 6.45) is 3.43. The van der Waals surface area contributed by atoms with Crippen LogP contribution in [-0.2, 0) is 11.3 Å². The van der Waals surface area contributed by atoms with Crippen molar-refractivity contribution in [2.45, 2.75) is 11.7 Å². The first-order valence-corrected chi connectivity index (χ1v) is 9.34. The molecule has 0 saturated carbocycles. The largest absolute Gasteiger partial charge is 0.497 e. The van der Waals surface area contributed by atoms with Gasteiger partial charge in [-0.2, -0.15) is 0 Å². The maximum Gasteiger partial charge on any atom is 0.192 e. The Morgan fingerprint density at radius 3 is 2.48 bits per heavy atom. The average Bonchev–Trinajstić information content (AvgIpc) is 3.13. The molecule has 2 heterocycles. The molecule has 0 saturated heterocycles. The number of hydrogen-bond donors (Lipinski definition) is 0. The molecule has 0 unspecified atom stereocenters. The van der Waals surface area contributed by atoms with Crippen LogP contribution in [0.2, 0.25) is 0 Å². The molecule has 8 heteroatoms. The Balaban J connectivity index is 1.75. The summed E-state index contributed by atoms with van der Waals surface area (Å²) < 4.78 is 12.3. The summed E-state index contributed by atoms with van der Waals surface area (Å²) in [5.74, 6) is 1.75. The van der Waals surface area contributed by atoms with E-state index >= 15 is 0 Å². The van der Waals surface area contributed by atoms with Gasteiger partial charge in [-0.15, -0.1) is 10.2 Å². The summed E-state index contributed by atoms with van der Waals surface area (Å²) in [5, 5.41) is 9.24. The molecule has 1 aromatic carbocycles. The normalized spacial score (nSPS) is 10.7. The summed E-state index contributed by atoms with van der Waals surface area (Å²) >= 11 is 1.36. The lowest BCUT2D eigenvalue weighted by molar-refractivity contribution is 0.102. The van der Waals surface area contributed by atoms with Crippen LogP contribution in [0.4, 0.5) is 0 Å². The van der Waals surface area contributed by atoms with Crippen molar-refractivity contribution in [1.29, 1.82) is 0 Å². The second kappa shape index (κ2) is 9.29. The lowest BCUT2D eigenvalue weighted by Crippen LogP contribution is -2.09. The Morgan fingerprint density at radius 1 is 1.07 bits per heavy atom. The summed E-state index contributed by atoms with van der Waals surface area (Å²) in [6, 6.07) is 10.8. The Kier molecular flexibility index (Phi) is 6.56. The van der Waals surface area contributed by atoms with Crippen LogP contribution in [0.3, 0.4) is 0 Å². The first-order chi connectivity index (χ1) is 13.2. The van der Waals surface area contributed by atoms with Crippen LogP contribution in [0, 0.1) is 0 Å². The molecule has 3 aromatic rings. The van der Waals surface area contributed by atoms with E-state index in [1.807, 2.05) is 16.7 Å². The third-order valence-electron chi connectivity index (χ3n) is 3.92. The molecule has 0 aliphatic carbocycles. The van der Waals surface area contributed by atoms with Gasteiger partial charge >= 0.3 is 0 Å². The Labute approximate surface area is 161 Å². The number of thioether (sulfide) groups is 1. The number of carbonyl (C=O) groups excluding carboxylic acids is 1. The van der Waals surface area contributed by atoms with Crippen LogP contribution < -0.4 is 4.74 Å². The molecule has 0 spiro atoms. The van der Waals surface area contributed by atoms with Crippen LogP contribution in [0.15, 0.2) is 53.9 Å².